The van der Waals surface area contributed by atoms with Crippen LogP contribution >= 0.6 is 15.9 Å². The third-order valence-electron chi connectivity index (χ3n) is 4.44. The lowest BCUT2D eigenvalue weighted by Gasteiger charge is -2.13. The minimum absolute atomic E-state index is 0.0960. The molecule has 5 nitrogen and oxygen atoms in total. The van der Waals surface area contributed by atoms with E-state index in [9.17, 15) is 4.79 Å². The maximum atomic E-state index is 12.8. The van der Waals surface area contributed by atoms with E-state index in [2.05, 4.69) is 43.5 Å². The van der Waals surface area contributed by atoms with Gasteiger partial charge in [-0.1, -0.05) is 34.1 Å². The second-order valence-electron chi connectivity index (χ2n) is 6.07. The number of halogens is 1. The molecule has 126 valence electrons. The van der Waals surface area contributed by atoms with Crippen LogP contribution in [0.4, 0.5) is 0 Å². The molecule has 4 aromatic rings. The van der Waals surface area contributed by atoms with E-state index in [1.54, 1.807) is 6.07 Å². The number of benzene rings is 2. The first-order chi connectivity index (χ1) is 12.0. The zero-order chi connectivity index (χ0) is 17.6. The summed E-state index contributed by atoms with van der Waals surface area (Å²) in [4.78, 5) is 20.8. The van der Waals surface area contributed by atoms with Gasteiger partial charge < -0.3 is 10.4 Å². The van der Waals surface area contributed by atoms with Crippen molar-refractivity contribution in [1.82, 2.24) is 14.6 Å². The van der Waals surface area contributed by atoms with Crippen LogP contribution in [0.3, 0.4) is 0 Å². The van der Waals surface area contributed by atoms with Gasteiger partial charge in [0.05, 0.1) is 17.4 Å². The van der Waals surface area contributed by atoms with Crippen molar-refractivity contribution in [3.05, 3.63) is 74.4 Å². The van der Waals surface area contributed by atoms with Crippen LogP contribution in [-0.2, 0) is 6.54 Å². The Bertz CT molecular complexity index is 1160. The minimum atomic E-state index is -0.0960. The highest BCUT2D eigenvalue weighted by Gasteiger charge is 2.11. The first-order valence-corrected chi connectivity index (χ1v) is 8.83. The fourth-order valence-electron chi connectivity index (χ4n) is 3.18. The van der Waals surface area contributed by atoms with Crippen LogP contribution in [0.25, 0.3) is 21.8 Å². The average Bonchev–Trinajstić information content (AvgIpc) is 2.91. The molecule has 0 aliphatic heterocycles. The van der Waals surface area contributed by atoms with Crippen LogP contribution in [0, 0.1) is 13.8 Å². The molecule has 0 saturated carbocycles. The number of nitrogens with one attached hydrogen (secondary N) is 2. The summed E-state index contributed by atoms with van der Waals surface area (Å²) < 4.78 is 2.39. The number of aromatic nitrogens is 3. The highest BCUT2D eigenvalue weighted by molar-refractivity contribution is 9.10. The lowest BCUT2D eigenvalue weighted by atomic mass is 10.1. The Morgan fingerprint density at radius 2 is 1.96 bits per heavy atom. The van der Waals surface area contributed by atoms with Gasteiger partial charge in [0, 0.05) is 26.6 Å². The van der Waals surface area contributed by atoms with E-state index >= 15 is 0 Å². The summed E-state index contributed by atoms with van der Waals surface area (Å²) >= 11 is 3.42. The number of aromatic amines is 1. The molecule has 6 heteroatoms. The third-order valence-corrected chi connectivity index (χ3v) is 4.93. The van der Waals surface area contributed by atoms with Crippen LogP contribution in [0.1, 0.15) is 17.1 Å². The van der Waals surface area contributed by atoms with Gasteiger partial charge in [-0.3, -0.25) is 4.79 Å². The number of hydrogen-bond acceptors (Lipinski definition) is 3. The van der Waals surface area contributed by atoms with E-state index in [4.69, 9.17) is 0 Å². The van der Waals surface area contributed by atoms with Crippen molar-refractivity contribution in [2.45, 2.75) is 20.4 Å². The van der Waals surface area contributed by atoms with Crippen molar-refractivity contribution in [2.24, 2.45) is 0 Å². The van der Waals surface area contributed by atoms with E-state index in [-0.39, 0.29) is 5.56 Å². The topological polar surface area (TPSA) is 62.7 Å². The molecular weight excluding hydrogens is 380 g/mol. The number of aryl methyl sites for hydroxylation is 2. The fraction of sp³-hybridized carbons (Fsp3) is 0.158. The van der Waals surface area contributed by atoms with Crippen LogP contribution in [-0.4, -0.2) is 14.6 Å². The van der Waals surface area contributed by atoms with Gasteiger partial charge in [0.15, 0.2) is 0 Å². The van der Waals surface area contributed by atoms with Gasteiger partial charge >= 0.3 is 0 Å². The number of hydrogen-bond donors (Lipinski definition) is 2. The molecule has 0 aliphatic rings. The van der Waals surface area contributed by atoms with Crippen LogP contribution < -0.4 is 11.0 Å². The van der Waals surface area contributed by atoms with Crippen molar-refractivity contribution < 1.29 is 0 Å². The van der Waals surface area contributed by atoms with E-state index in [1.807, 2.05) is 38.1 Å². The summed E-state index contributed by atoms with van der Waals surface area (Å²) in [5, 5.41) is 1.75. The third kappa shape index (κ3) is 2.72. The quantitative estimate of drug-likeness (QED) is 0.549. The molecule has 0 aliphatic carbocycles. The Kier molecular flexibility index (Phi) is 3.84. The van der Waals surface area contributed by atoms with Crippen LogP contribution in [0.15, 0.2) is 51.7 Å². The molecule has 0 atom stereocenters. The maximum absolute atomic E-state index is 12.8. The minimum Gasteiger partial charge on any atom is -0.358 e. The van der Waals surface area contributed by atoms with Crippen molar-refractivity contribution in [3.63, 3.8) is 0 Å². The lowest BCUT2D eigenvalue weighted by molar-refractivity contribution is 0.754. The molecule has 0 spiro atoms. The molecule has 2 heterocycles. The molecule has 0 bridgehead atoms. The highest BCUT2D eigenvalue weighted by atomic mass is 79.9. The van der Waals surface area contributed by atoms with Gasteiger partial charge in [-0.25, -0.2) is 9.66 Å². The van der Waals surface area contributed by atoms with E-state index in [0.29, 0.717) is 23.3 Å². The highest BCUT2D eigenvalue weighted by Crippen LogP contribution is 2.22. The van der Waals surface area contributed by atoms with Crippen molar-refractivity contribution in [3.8, 4) is 0 Å². The van der Waals surface area contributed by atoms with Gasteiger partial charge in [0.1, 0.15) is 5.82 Å². The molecule has 4 rings (SSSR count). The summed E-state index contributed by atoms with van der Waals surface area (Å²) in [5.74, 6) is 0.636. The molecule has 2 aromatic carbocycles. The van der Waals surface area contributed by atoms with Crippen LogP contribution in [0.5, 0.6) is 0 Å². The predicted octanol–water partition coefficient (Wildman–Crippen LogP) is 4.00. The standard InChI is InChI=1S/C19H17BrN4O/c1-11-16(14-5-3-4-6-17(14)22-11)10-21-24-12(2)23-18-8-7-13(20)9-15(18)19(24)25/h3-9,21-22H,10H2,1-2H3. The summed E-state index contributed by atoms with van der Waals surface area (Å²) in [7, 11) is 0. The summed E-state index contributed by atoms with van der Waals surface area (Å²) in [5.41, 5.74) is 7.18. The zero-order valence-corrected chi connectivity index (χ0v) is 15.5. The lowest BCUT2D eigenvalue weighted by Crippen LogP contribution is -2.31. The zero-order valence-electron chi connectivity index (χ0n) is 13.9. The second-order valence-corrected chi connectivity index (χ2v) is 6.99. The molecule has 0 saturated heterocycles. The molecule has 0 fully saturated rings. The molecule has 0 radical (unpaired) electrons. The van der Waals surface area contributed by atoms with Gasteiger partial charge in [0.25, 0.3) is 5.56 Å². The Balaban J connectivity index is 1.76. The monoisotopic (exact) mass is 396 g/mol. The molecular formula is C19H17BrN4O. The Morgan fingerprint density at radius 3 is 2.80 bits per heavy atom. The second kappa shape index (κ2) is 6.04. The molecule has 25 heavy (non-hydrogen) atoms. The van der Waals surface area contributed by atoms with Crippen molar-refractivity contribution >= 4 is 37.7 Å². The molecule has 2 aromatic heterocycles. The van der Waals surface area contributed by atoms with Crippen molar-refractivity contribution in [1.29, 1.82) is 0 Å². The largest absolute Gasteiger partial charge is 0.358 e. The molecule has 0 unspecified atom stereocenters. The summed E-state index contributed by atoms with van der Waals surface area (Å²) in [6.07, 6.45) is 0. The van der Waals surface area contributed by atoms with E-state index in [1.165, 1.54) is 4.68 Å². The first kappa shape index (κ1) is 15.9. The SMILES string of the molecule is Cc1[nH]c2ccccc2c1CNn1c(C)nc2ccc(Br)cc2c1=O. The average molecular weight is 397 g/mol. The van der Waals surface area contributed by atoms with Gasteiger partial charge in [-0.05, 0) is 38.1 Å². The number of rotatable bonds is 3. The van der Waals surface area contributed by atoms with Crippen molar-refractivity contribution in [2.75, 3.05) is 5.43 Å². The number of para-hydroxylation sites is 1. The Labute approximate surface area is 152 Å². The van der Waals surface area contributed by atoms with Gasteiger partial charge in [-0.2, -0.15) is 0 Å². The maximum Gasteiger partial charge on any atom is 0.279 e. The number of fused-ring (bicyclic) bond motifs is 2. The van der Waals surface area contributed by atoms with Crippen LogP contribution in [0.2, 0.25) is 0 Å². The predicted molar refractivity (Wildman–Crippen MR) is 105 cm³/mol. The normalized spacial score (nSPS) is 11.3. The first-order valence-electron chi connectivity index (χ1n) is 8.03. The summed E-state index contributed by atoms with van der Waals surface area (Å²) in [6.45, 7) is 4.41. The van der Waals surface area contributed by atoms with E-state index in [0.717, 1.165) is 26.6 Å². The van der Waals surface area contributed by atoms with E-state index < -0.39 is 0 Å². The van der Waals surface area contributed by atoms with Gasteiger partial charge in [-0.15, -0.1) is 0 Å². The Morgan fingerprint density at radius 1 is 1.16 bits per heavy atom. The molecule has 2 N–H and O–H groups in total. The Hall–Kier alpha value is -2.60. The molecule has 0 amide bonds. The smallest absolute Gasteiger partial charge is 0.279 e. The number of H-pyrrole nitrogens is 1. The van der Waals surface area contributed by atoms with Gasteiger partial charge in [0.2, 0.25) is 0 Å². The summed E-state index contributed by atoms with van der Waals surface area (Å²) in [6, 6.07) is 13.7. The number of nitrogens with zero attached hydrogens (tertiary/aromatic N) is 2. The fourth-order valence-corrected chi connectivity index (χ4v) is 3.54.